The van der Waals surface area contributed by atoms with Gasteiger partial charge in [0.1, 0.15) is 5.82 Å². The lowest BCUT2D eigenvalue weighted by atomic mass is 9.97. The molecule has 0 bridgehead atoms. The van der Waals surface area contributed by atoms with E-state index in [1.807, 2.05) is 0 Å². The van der Waals surface area contributed by atoms with Crippen LogP contribution in [0.2, 0.25) is 5.02 Å². The van der Waals surface area contributed by atoms with Gasteiger partial charge in [0.25, 0.3) is 0 Å². The topological polar surface area (TPSA) is 49.4 Å². The normalized spacial score (nSPS) is 14.0. The van der Waals surface area contributed by atoms with Crippen LogP contribution in [-0.2, 0) is 9.59 Å². The molecule has 0 atom stereocenters. The number of amides is 2. The van der Waals surface area contributed by atoms with Gasteiger partial charge >= 0.3 is 0 Å². The van der Waals surface area contributed by atoms with E-state index in [0.717, 1.165) is 19.3 Å². The van der Waals surface area contributed by atoms with Crippen LogP contribution in [0.15, 0.2) is 29.8 Å². The summed E-state index contributed by atoms with van der Waals surface area (Å²) >= 11 is 5.77. The summed E-state index contributed by atoms with van der Waals surface area (Å²) in [6, 6.07) is 4.09. The number of halogens is 2. The summed E-state index contributed by atoms with van der Waals surface area (Å²) in [5.74, 6) is -0.859. The van der Waals surface area contributed by atoms with Crippen LogP contribution in [0.4, 0.5) is 10.1 Å². The van der Waals surface area contributed by atoms with Crippen LogP contribution in [0, 0.1) is 5.82 Å². The van der Waals surface area contributed by atoms with Gasteiger partial charge in [-0.3, -0.25) is 9.59 Å². The molecule has 136 valence electrons. The molecule has 0 heterocycles. The Morgan fingerprint density at radius 2 is 2.12 bits per heavy atom. The molecule has 0 fully saturated rings. The molecule has 0 saturated heterocycles. The fourth-order valence-electron chi connectivity index (χ4n) is 2.92. The van der Waals surface area contributed by atoms with E-state index in [2.05, 4.69) is 11.4 Å². The van der Waals surface area contributed by atoms with Crippen LogP contribution in [-0.4, -0.2) is 24.9 Å². The minimum Gasteiger partial charge on any atom is -0.356 e. The molecule has 0 spiro atoms. The molecule has 0 saturated carbocycles. The van der Waals surface area contributed by atoms with Crippen molar-refractivity contribution < 1.29 is 14.0 Å². The van der Waals surface area contributed by atoms with Crippen molar-refractivity contribution in [1.29, 1.82) is 0 Å². The minimum atomic E-state index is -0.538. The number of carbonyl (C=O) groups is 2. The zero-order valence-electron chi connectivity index (χ0n) is 14.5. The van der Waals surface area contributed by atoms with Gasteiger partial charge in [-0.2, -0.15) is 0 Å². The van der Waals surface area contributed by atoms with Gasteiger partial charge in [0.05, 0.1) is 5.02 Å². The van der Waals surface area contributed by atoms with Gasteiger partial charge in [-0.05, 0) is 50.3 Å². The zero-order valence-corrected chi connectivity index (χ0v) is 15.2. The molecular weight excluding hydrogens is 343 g/mol. The van der Waals surface area contributed by atoms with Crippen molar-refractivity contribution in [3.05, 3.63) is 40.7 Å². The van der Waals surface area contributed by atoms with Crippen molar-refractivity contribution in [3.63, 3.8) is 0 Å². The molecule has 6 heteroatoms. The summed E-state index contributed by atoms with van der Waals surface area (Å²) in [7, 11) is 0. The fourth-order valence-corrected chi connectivity index (χ4v) is 3.09. The van der Waals surface area contributed by atoms with Gasteiger partial charge in [0.15, 0.2) is 0 Å². The first kappa shape index (κ1) is 19.4. The predicted octanol–water partition coefficient (Wildman–Crippen LogP) is 4.23. The molecule has 0 aromatic heterocycles. The second kappa shape index (κ2) is 9.56. The smallest absolute Gasteiger partial charge is 0.223 e. The summed E-state index contributed by atoms with van der Waals surface area (Å²) in [4.78, 5) is 25.3. The quantitative estimate of drug-likeness (QED) is 0.734. The standard InChI is InChI=1S/C19H24ClFN2O2/c1-14(24)23(16-7-8-18(21)17(20)13-16)12-10-19(25)22-11-9-15-5-3-2-4-6-15/h5,7-8,13H,2-4,6,9-12H2,1H3,(H,22,25). The van der Waals surface area contributed by atoms with Gasteiger partial charge in [-0.15, -0.1) is 0 Å². The Hall–Kier alpha value is -1.88. The largest absolute Gasteiger partial charge is 0.356 e. The molecule has 25 heavy (non-hydrogen) atoms. The number of hydrogen-bond acceptors (Lipinski definition) is 2. The SMILES string of the molecule is CC(=O)N(CCC(=O)NCCC1=CCCCC1)c1ccc(F)c(Cl)c1. The van der Waals surface area contributed by atoms with Crippen LogP contribution in [0.3, 0.4) is 0 Å². The molecule has 0 aliphatic heterocycles. The van der Waals surface area contributed by atoms with Gasteiger partial charge in [-0.25, -0.2) is 4.39 Å². The number of carbonyl (C=O) groups excluding carboxylic acids is 2. The first-order valence-corrected chi connectivity index (χ1v) is 9.03. The number of rotatable bonds is 7. The van der Waals surface area contributed by atoms with Crippen molar-refractivity contribution >= 4 is 29.1 Å². The van der Waals surface area contributed by atoms with E-state index in [-0.39, 0.29) is 29.8 Å². The van der Waals surface area contributed by atoms with Crippen LogP contribution in [0.25, 0.3) is 0 Å². The van der Waals surface area contributed by atoms with Gasteiger partial charge in [-0.1, -0.05) is 23.3 Å². The Morgan fingerprint density at radius 3 is 2.76 bits per heavy atom. The van der Waals surface area contributed by atoms with Crippen LogP contribution in [0.1, 0.15) is 45.4 Å². The summed E-state index contributed by atoms with van der Waals surface area (Å²) in [5, 5.41) is 2.85. The molecular formula is C19H24ClFN2O2. The Bertz CT molecular complexity index is 661. The molecule has 1 aromatic carbocycles. The molecule has 2 rings (SSSR count). The Balaban J connectivity index is 1.81. The monoisotopic (exact) mass is 366 g/mol. The number of anilines is 1. The van der Waals surface area contributed by atoms with Gasteiger partial charge in [0, 0.05) is 32.1 Å². The third-order valence-corrected chi connectivity index (χ3v) is 4.60. The van der Waals surface area contributed by atoms with Crippen LogP contribution >= 0.6 is 11.6 Å². The highest BCUT2D eigenvalue weighted by atomic mass is 35.5. The zero-order chi connectivity index (χ0) is 18.2. The number of allylic oxidation sites excluding steroid dienone is 1. The van der Waals surface area contributed by atoms with Crippen molar-refractivity contribution in [2.45, 2.75) is 45.4 Å². The van der Waals surface area contributed by atoms with E-state index in [0.29, 0.717) is 12.2 Å². The van der Waals surface area contributed by atoms with Crippen molar-refractivity contribution in [2.75, 3.05) is 18.0 Å². The Morgan fingerprint density at radius 1 is 1.32 bits per heavy atom. The Kier molecular flexibility index (Phi) is 7.44. The maximum absolute atomic E-state index is 13.3. The summed E-state index contributed by atoms with van der Waals surface area (Å²) in [6.07, 6.45) is 8.09. The van der Waals surface area contributed by atoms with Crippen molar-refractivity contribution in [2.24, 2.45) is 0 Å². The fraction of sp³-hybridized carbons (Fsp3) is 0.474. The molecule has 1 aliphatic carbocycles. The molecule has 0 radical (unpaired) electrons. The summed E-state index contributed by atoms with van der Waals surface area (Å²) < 4.78 is 13.3. The average Bonchev–Trinajstić information content (AvgIpc) is 2.59. The third-order valence-electron chi connectivity index (χ3n) is 4.31. The molecule has 1 aliphatic rings. The third kappa shape index (κ3) is 6.16. The molecule has 1 aromatic rings. The maximum atomic E-state index is 13.3. The van der Waals surface area contributed by atoms with Crippen LogP contribution < -0.4 is 10.2 Å². The average molecular weight is 367 g/mol. The van der Waals surface area contributed by atoms with E-state index in [4.69, 9.17) is 11.6 Å². The summed E-state index contributed by atoms with van der Waals surface area (Å²) in [6.45, 7) is 2.25. The highest BCUT2D eigenvalue weighted by molar-refractivity contribution is 6.31. The first-order valence-electron chi connectivity index (χ1n) is 8.65. The van der Waals surface area contributed by atoms with E-state index in [1.165, 1.54) is 48.4 Å². The van der Waals surface area contributed by atoms with E-state index in [1.54, 1.807) is 0 Å². The highest BCUT2D eigenvalue weighted by Crippen LogP contribution is 2.23. The number of hydrogen-bond donors (Lipinski definition) is 1. The summed E-state index contributed by atoms with van der Waals surface area (Å²) in [5.41, 5.74) is 1.90. The highest BCUT2D eigenvalue weighted by Gasteiger charge is 2.15. The number of nitrogens with one attached hydrogen (secondary N) is 1. The lowest BCUT2D eigenvalue weighted by molar-refractivity contribution is -0.121. The second-order valence-corrected chi connectivity index (χ2v) is 6.63. The van der Waals surface area contributed by atoms with E-state index >= 15 is 0 Å². The molecule has 2 amide bonds. The molecule has 4 nitrogen and oxygen atoms in total. The number of nitrogens with zero attached hydrogens (tertiary/aromatic N) is 1. The lowest BCUT2D eigenvalue weighted by Crippen LogP contribution is -2.34. The predicted molar refractivity (Wildman–Crippen MR) is 98.2 cm³/mol. The Labute approximate surface area is 153 Å². The van der Waals surface area contributed by atoms with Crippen LogP contribution in [0.5, 0.6) is 0 Å². The number of benzene rings is 1. The van der Waals surface area contributed by atoms with Crippen molar-refractivity contribution in [3.8, 4) is 0 Å². The van der Waals surface area contributed by atoms with Crippen molar-refractivity contribution in [1.82, 2.24) is 5.32 Å². The first-order chi connectivity index (χ1) is 12.0. The van der Waals surface area contributed by atoms with Gasteiger partial charge < -0.3 is 10.2 Å². The maximum Gasteiger partial charge on any atom is 0.223 e. The molecule has 1 N–H and O–H groups in total. The lowest BCUT2D eigenvalue weighted by Gasteiger charge is -2.21. The second-order valence-electron chi connectivity index (χ2n) is 6.23. The van der Waals surface area contributed by atoms with E-state index < -0.39 is 5.82 Å². The minimum absolute atomic E-state index is 0.0473. The molecule has 0 unspecified atom stereocenters. The van der Waals surface area contributed by atoms with E-state index in [9.17, 15) is 14.0 Å². The van der Waals surface area contributed by atoms with Gasteiger partial charge in [0.2, 0.25) is 11.8 Å².